The number of halogens is 3. The van der Waals surface area contributed by atoms with Crippen molar-refractivity contribution in [3.8, 4) is 0 Å². The molecule has 0 aliphatic heterocycles. The molecule has 0 saturated carbocycles. The fraction of sp³-hybridized carbons (Fsp3) is 0.200. The van der Waals surface area contributed by atoms with Crippen LogP contribution >= 0.6 is 0 Å². The third kappa shape index (κ3) is 4.87. The van der Waals surface area contributed by atoms with Gasteiger partial charge in [0.05, 0.1) is 6.54 Å². The van der Waals surface area contributed by atoms with Gasteiger partial charge in [-0.2, -0.15) is 10.1 Å². The molecule has 0 fully saturated rings. The van der Waals surface area contributed by atoms with Gasteiger partial charge in [0.2, 0.25) is 5.95 Å². The molecule has 1 N–H and O–H groups in total. The van der Waals surface area contributed by atoms with Crippen LogP contribution in [0, 0.1) is 24.4 Å². The van der Waals surface area contributed by atoms with E-state index in [0.29, 0.717) is 12.1 Å². The predicted molar refractivity (Wildman–Crippen MR) is 104 cm³/mol. The Balaban J connectivity index is 1.95. The number of rotatable bonds is 6. The molecule has 0 atom stereocenters. The van der Waals surface area contributed by atoms with E-state index in [2.05, 4.69) is 20.4 Å². The number of aliphatic imine (C=N–C) groups is 1. The lowest BCUT2D eigenvalue weighted by atomic mass is 10.1. The van der Waals surface area contributed by atoms with E-state index in [1.807, 2.05) is 25.1 Å². The van der Waals surface area contributed by atoms with Crippen molar-refractivity contribution in [2.75, 3.05) is 12.4 Å². The lowest BCUT2D eigenvalue weighted by molar-refractivity contribution is 0.444. The van der Waals surface area contributed by atoms with Crippen LogP contribution in [0.1, 0.15) is 16.7 Å². The van der Waals surface area contributed by atoms with Gasteiger partial charge in [0.15, 0.2) is 17.5 Å². The van der Waals surface area contributed by atoms with Crippen molar-refractivity contribution in [2.45, 2.75) is 19.9 Å². The number of nitrogens with one attached hydrogen (secondary N) is 1. The van der Waals surface area contributed by atoms with E-state index < -0.39 is 23.0 Å². The molecule has 0 amide bonds. The zero-order valence-corrected chi connectivity index (χ0v) is 15.8. The van der Waals surface area contributed by atoms with E-state index in [-0.39, 0.29) is 18.1 Å². The Morgan fingerprint density at radius 3 is 2.55 bits per heavy atom. The van der Waals surface area contributed by atoms with Crippen molar-refractivity contribution in [1.29, 1.82) is 0 Å². The molecule has 0 spiro atoms. The second-order valence-corrected chi connectivity index (χ2v) is 6.37. The first-order valence-electron chi connectivity index (χ1n) is 8.72. The average molecular weight is 401 g/mol. The van der Waals surface area contributed by atoms with Crippen LogP contribution in [0.3, 0.4) is 0 Å². The van der Waals surface area contributed by atoms with Crippen LogP contribution in [0.15, 0.2) is 46.3 Å². The number of hydrogen-bond donors (Lipinski definition) is 1. The average Bonchev–Trinajstić information content (AvgIpc) is 2.68. The molecule has 1 heterocycles. The van der Waals surface area contributed by atoms with Crippen LogP contribution in [-0.2, 0) is 13.0 Å². The number of aromatic nitrogens is 3. The molecule has 0 radical (unpaired) electrons. The highest BCUT2D eigenvalue weighted by Crippen LogP contribution is 2.21. The van der Waals surface area contributed by atoms with Gasteiger partial charge in [-0.1, -0.05) is 12.1 Å². The predicted octanol–water partition coefficient (Wildman–Crippen LogP) is 3.40. The molecule has 9 heteroatoms. The molecule has 1 aromatic heterocycles. The van der Waals surface area contributed by atoms with Crippen LogP contribution in [0.4, 0.5) is 24.8 Å². The second-order valence-electron chi connectivity index (χ2n) is 6.37. The molecule has 0 unspecified atom stereocenters. The van der Waals surface area contributed by atoms with Gasteiger partial charge in [-0.3, -0.25) is 4.79 Å². The van der Waals surface area contributed by atoms with E-state index in [1.165, 1.54) is 4.68 Å². The molecule has 0 saturated heterocycles. The first kappa shape index (κ1) is 20.2. The molecule has 29 heavy (non-hydrogen) atoms. The van der Waals surface area contributed by atoms with Crippen molar-refractivity contribution >= 4 is 17.9 Å². The van der Waals surface area contributed by atoms with Gasteiger partial charge in [0, 0.05) is 25.4 Å². The van der Waals surface area contributed by atoms with E-state index in [1.54, 1.807) is 13.3 Å². The Kier molecular flexibility index (Phi) is 6.06. The summed E-state index contributed by atoms with van der Waals surface area (Å²) in [5.41, 5.74) is 2.13. The van der Waals surface area contributed by atoms with Crippen molar-refractivity contribution in [2.24, 2.45) is 4.99 Å². The summed E-state index contributed by atoms with van der Waals surface area (Å²) >= 11 is 0. The molecule has 6 nitrogen and oxygen atoms in total. The number of anilines is 2. The van der Waals surface area contributed by atoms with Gasteiger partial charge >= 0.3 is 0 Å². The number of nitrogens with zero attached hydrogens (tertiary/aromatic N) is 4. The molecular weight excluding hydrogens is 383 g/mol. The lowest BCUT2D eigenvalue weighted by Crippen LogP contribution is -2.19. The maximum absolute atomic E-state index is 13.5. The van der Waals surface area contributed by atoms with Crippen molar-refractivity contribution in [3.05, 3.63) is 81.0 Å². The molecule has 150 valence electrons. The minimum absolute atomic E-state index is 0.0899. The van der Waals surface area contributed by atoms with Gasteiger partial charge < -0.3 is 10.3 Å². The van der Waals surface area contributed by atoms with E-state index in [0.717, 1.165) is 29.5 Å². The van der Waals surface area contributed by atoms with Crippen LogP contribution in [-0.4, -0.2) is 28.0 Å². The summed E-state index contributed by atoms with van der Waals surface area (Å²) in [6, 6.07) is 7.49. The molecule has 0 aliphatic carbocycles. The third-order valence-corrected chi connectivity index (χ3v) is 4.20. The SMILES string of the molecule is CN=CCc1ccc(C)c(Nc2nc(=O)cnn2Cc2cc(F)c(F)c(F)c2)c1. The second kappa shape index (κ2) is 8.68. The Morgan fingerprint density at radius 2 is 1.86 bits per heavy atom. The summed E-state index contributed by atoms with van der Waals surface area (Å²) in [5.74, 6) is -4.05. The Bertz CT molecular complexity index is 1100. The zero-order chi connectivity index (χ0) is 21.0. The quantitative estimate of drug-likeness (QED) is 0.508. The topological polar surface area (TPSA) is 72.2 Å². The Hall–Kier alpha value is -3.49. The van der Waals surface area contributed by atoms with Gasteiger partial charge in [-0.25, -0.2) is 17.9 Å². The largest absolute Gasteiger partial charge is 0.324 e. The Morgan fingerprint density at radius 1 is 1.14 bits per heavy atom. The number of benzene rings is 2. The molecule has 3 rings (SSSR count). The summed E-state index contributed by atoms with van der Waals surface area (Å²) in [7, 11) is 1.69. The summed E-state index contributed by atoms with van der Waals surface area (Å²) in [6.45, 7) is 1.76. The smallest absolute Gasteiger partial charge is 0.293 e. The highest BCUT2D eigenvalue weighted by Gasteiger charge is 2.13. The molecule has 0 aliphatic rings. The van der Waals surface area contributed by atoms with Crippen molar-refractivity contribution in [3.63, 3.8) is 0 Å². The summed E-state index contributed by atoms with van der Waals surface area (Å²) in [5, 5.41) is 7.02. The first-order chi connectivity index (χ1) is 13.9. The van der Waals surface area contributed by atoms with Gasteiger partial charge in [-0.05, 0) is 41.8 Å². The fourth-order valence-electron chi connectivity index (χ4n) is 2.69. The molecule has 3 aromatic rings. The summed E-state index contributed by atoms with van der Waals surface area (Å²) in [4.78, 5) is 19.6. The van der Waals surface area contributed by atoms with E-state index in [4.69, 9.17) is 0 Å². The monoisotopic (exact) mass is 401 g/mol. The minimum atomic E-state index is -1.54. The van der Waals surface area contributed by atoms with Gasteiger partial charge in [-0.15, -0.1) is 0 Å². The standard InChI is InChI=1S/C20H18F3N5O/c1-12-3-4-13(5-6-24-2)9-17(12)26-20-27-18(29)10-25-28(20)11-14-7-15(21)19(23)16(22)8-14/h3-4,6-10H,5,11H2,1-2H3,(H,26,27,29). The molecule has 0 bridgehead atoms. The fourth-order valence-corrected chi connectivity index (χ4v) is 2.69. The highest BCUT2D eigenvalue weighted by molar-refractivity contribution is 5.65. The third-order valence-electron chi connectivity index (χ3n) is 4.20. The number of hydrogen-bond acceptors (Lipinski definition) is 5. The maximum atomic E-state index is 13.5. The summed E-state index contributed by atoms with van der Waals surface area (Å²) in [6.07, 6.45) is 3.39. The normalized spacial score (nSPS) is 11.2. The first-order valence-corrected chi connectivity index (χ1v) is 8.72. The maximum Gasteiger partial charge on any atom is 0.293 e. The van der Waals surface area contributed by atoms with Gasteiger partial charge in [0.25, 0.3) is 5.56 Å². The van der Waals surface area contributed by atoms with Crippen molar-refractivity contribution in [1.82, 2.24) is 14.8 Å². The molecule has 2 aromatic carbocycles. The molecular formula is C20H18F3N5O. The van der Waals surface area contributed by atoms with Crippen molar-refractivity contribution < 1.29 is 13.2 Å². The zero-order valence-electron chi connectivity index (χ0n) is 15.8. The Labute approximate surface area is 164 Å². The highest BCUT2D eigenvalue weighted by atomic mass is 19.2. The van der Waals surface area contributed by atoms with E-state index in [9.17, 15) is 18.0 Å². The number of aryl methyl sites for hydroxylation is 1. The van der Waals surface area contributed by atoms with Crippen LogP contribution < -0.4 is 10.9 Å². The minimum Gasteiger partial charge on any atom is -0.324 e. The van der Waals surface area contributed by atoms with E-state index >= 15 is 0 Å². The lowest BCUT2D eigenvalue weighted by Gasteiger charge is -2.15. The van der Waals surface area contributed by atoms with Crippen LogP contribution in [0.25, 0.3) is 0 Å². The summed E-state index contributed by atoms with van der Waals surface area (Å²) < 4.78 is 41.5. The van der Waals surface area contributed by atoms with Crippen LogP contribution in [0.2, 0.25) is 0 Å². The van der Waals surface area contributed by atoms with Gasteiger partial charge in [0.1, 0.15) is 6.20 Å². The van der Waals surface area contributed by atoms with Crippen LogP contribution in [0.5, 0.6) is 0 Å².